The maximum atomic E-state index is 14.3. The molecule has 3 heterocycles. The molecule has 258 valence electrons. The molecule has 5 aromatic rings. The summed E-state index contributed by atoms with van der Waals surface area (Å²) in [5, 5.41) is 15.8. The number of azide groups is 1. The maximum Gasteiger partial charge on any atom is 0.411 e. The molecule has 0 radical (unpaired) electrons. The monoisotopic (exact) mass is 695 g/mol. The first-order valence-electron chi connectivity index (χ1n) is 15.9. The normalized spacial score (nSPS) is 19.3. The lowest BCUT2D eigenvalue weighted by Crippen LogP contribution is -2.47. The Kier molecular flexibility index (Phi) is 10.4. The minimum atomic E-state index is -1.31. The van der Waals surface area contributed by atoms with Crippen molar-refractivity contribution in [2.75, 3.05) is 13.4 Å². The fraction of sp³-hybridized carbons (Fsp3) is 0.306. The molecule has 2 N–H and O–H groups in total. The van der Waals surface area contributed by atoms with Crippen molar-refractivity contribution >= 4 is 35.9 Å². The van der Waals surface area contributed by atoms with E-state index in [1.165, 1.54) is 11.2 Å². The Labute approximate surface area is 294 Å². The number of aliphatic hydroxyl groups excluding tert-OH is 1. The second kappa shape index (κ2) is 14.9. The second-order valence-corrected chi connectivity index (χ2v) is 13.0. The summed E-state index contributed by atoms with van der Waals surface area (Å²) in [7, 11) is 0. The summed E-state index contributed by atoms with van der Waals surface area (Å²) in [4.78, 5) is 30.2. The van der Waals surface area contributed by atoms with E-state index in [9.17, 15) is 9.90 Å². The van der Waals surface area contributed by atoms with Crippen molar-refractivity contribution in [3.63, 3.8) is 0 Å². The number of carbonyl (C=O) groups excluding carboxylic acids is 1. The van der Waals surface area contributed by atoms with Crippen molar-refractivity contribution < 1.29 is 28.3 Å². The number of fused-ring (bicyclic) bond motifs is 1. The molecule has 0 saturated carbocycles. The van der Waals surface area contributed by atoms with Gasteiger partial charge in [0.15, 0.2) is 12.6 Å². The van der Waals surface area contributed by atoms with E-state index in [1.807, 2.05) is 91.0 Å². The van der Waals surface area contributed by atoms with Gasteiger partial charge in [-0.05, 0) is 61.0 Å². The quantitative estimate of drug-likeness (QED) is 0.0249. The van der Waals surface area contributed by atoms with Crippen LogP contribution >= 0.6 is 12.9 Å². The molecule has 14 heteroatoms. The number of aromatic nitrogens is 3. The van der Waals surface area contributed by atoms with Crippen LogP contribution in [0.1, 0.15) is 49.1 Å². The number of aromatic amines is 1. The summed E-state index contributed by atoms with van der Waals surface area (Å²) in [6.45, 7) is 4.82. The minimum absolute atomic E-state index is 0.0699. The first-order chi connectivity index (χ1) is 24.2. The molecule has 6 rings (SSSR count). The SMILES string of the molecule is CC(C)(C)OC(=O)N1[C@H](COC(c2ccccc2)(c2ccccc2)c2ccccc2)[C@@H](O)[C@@H](OCOS)[C@@H]1c1c[nH]c2c(N=[N+]=[N-])ncnc12. The summed E-state index contributed by atoms with van der Waals surface area (Å²) in [6.07, 6.45) is -0.197. The Morgan fingerprint density at radius 3 is 2.08 bits per heavy atom. The molecule has 0 unspecified atom stereocenters. The number of carbonyl (C=O) groups is 1. The number of aliphatic hydroxyl groups is 1. The highest BCUT2D eigenvalue weighted by Gasteiger charge is 2.55. The fourth-order valence-corrected chi connectivity index (χ4v) is 6.63. The molecule has 1 fully saturated rings. The van der Waals surface area contributed by atoms with Crippen molar-refractivity contribution in [2.24, 2.45) is 5.11 Å². The smallest absolute Gasteiger partial charge is 0.411 e. The average molecular weight is 696 g/mol. The van der Waals surface area contributed by atoms with E-state index in [4.69, 9.17) is 23.9 Å². The van der Waals surface area contributed by atoms with E-state index in [1.54, 1.807) is 27.0 Å². The highest BCUT2D eigenvalue weighted by Crippen LogP contribution is 2.45. The molecule has 1 aliphatic heterocycles. The van der Waals surface area contributed by atoms with Gasteiger partial charge >= 0.3 is 6.09 Å². The third-order valence-electron chi connectivity index (χ3n) is 8.56. The van der Waals surface area contributed by atoms with E-state index < -0.39 is 41.6 Å². The summed E-state index contributed by atoms with van der Waals surface area (Å²) >= 11 is 3.86. The van der Waals surface area contributed by atoms with Crippen LogP contribution in [0.2, 0.25) is 0 Å². The van der Waals surface area contributed by atoms with Crippen molar-refractivity contribution in [2.45, 2.75) is 56.3 Å². The van der Waals surface area contributed by atoms with E-state index in [-0.39, 0.29) is 19.2 Å². The number of amides is 1. The van der Waals surface area contributed by atoms with Gasteiger partial charge in [0, 0.05) is 16.7 Å². The molecule has 0 aliphatic carbocycles. The number of hydrogen-bond acceptors (Lipinski definition) is 10. The highest BCUT2D eigenvalue weighted by atomic mass is 32.1. The van der Waals surface area contributed by atoms with Gasteiger partial charge in [0.2, 0.25) is 0 Å². The lowest BCUT2D eigenvalue weighted by Gasteiger charge is -2.39. The summed E-state index contributed by atoms with van der Waals surface area (Å²) in [5.41, 5.74) is 10.8. The third kappa shape index (κ3) is 6.77. The molecule has 50 heavy (non-hydrogen) atoms. The number of likely N-dealkylation sites (tertiary alicyclic amines) is 1. The molecule has 1 aliphatic rings. The van der Waals surface area contributed by atoms with E-state index in [0.29, 0.717) is 16.6 Å². The predicted molar refractivity (Wildman–Crippen MR) is 188 cm³/mol. The average Bonchev–Trinajstić information content (AvgIpc) is 3.67. The molecule has 13 nitrogen and oxygen atoms in total. The zero-order valence-corrected chi connectivity index (χ0v) is 28.6. The molecule has 0 spiro atoms. The Bertz CT molecular complexity index is 1860. The van der Waals surface area contributed by atoms with Crippen molar-refractivity contribution in [1.82, 2.24) is 19.9 Å². The van der Waals surface area contributed by atoms with Crippen LogP contribution in [-0.4, -0.2) is 68.3 Å². The molecule has 1 saturated heterocycles. The topological polar surface area (TPSA) is 168 Å². The van der Waals surface area contributed by atoms with Crippen molar-refractivity contribution in [1.29, 1.82) is 0 Å². The minimum Gasteiger partial charge on any atom is -0.444 e. The van der Waals surface area contributed by atoms with Crippen LogP contribution in [0.4, 0.5) is 10.6 Å². The number of ether oxygens (including phenoxy) is 3. The predicted octanol–water partition coefficient (Wildman–Crippen LogP) is 7.13. The summed E-state index contributed by atoms with van der Waals surface area (Å²) < 4.78 is 24.1. The Hall–Kier alpha value is -4.95. The number of nitrogens with zero attached hydrogens (tertiary/aromatic N) is 6. The molecule has 4 atom stereocenters. The van der Waals surface area contributed by atoms with E-state index in [0.717, 1.165) is 16.7 Å². The van der Waals surface area contributed by atoms with Crippen LogP contribution in [-0.2, 0) is 24.0 Å². The van der Waals surface area contributed by atoms with Crippen LogP contribution in [0.5, 0.6) is 0 Å². The van der Waals surface area contributed by atoms with Crippen LogP contribution in [0.25, 0.3) is 21.5 Å². The molecule has 2 aromatic heterocycles. The van der Waals surface area contributed by atoms with Gasteiger partial charge in [0.25, 0.3) is 0 Å². The second-order valence-electron chi connectivity index (χ2n) is 12.7. The molecular formula is C36H37N7O6S. The summed E-state index contributed by atoms with van der Waals surface area (Å²) in [6, 6.07) is 27.4. The largest absolute Gasteiger partial charge is 0.444 e. The number of thiol groups is 1. The van der Waals surface area contributed by atoms with Crippen LogP contribution in [0.3, 0.4) is 0 Å². The fourth-order valence-electron chi connectivity index (χ4n) is 6.57. The zero-order chi connectivity index (χ0) is 35.3. The maximum absolute atomic E-state index is 14.3. The number of benzene rings is 3. The van der Waals surface area contributed by atoms with Gasteiger partial charge in [-0.3, -0.25) is 9.08 Å². The Morgan fingerprint density at radius 2 is 1.56 bits per heavy atom. The standard InChI is InChI=1S/C36H37N7O6S/c1-35(2,3)49-34(45)43-27(31(44)32(46-22-48-50)30(43)26-19-38-29-28(26)39-21-40-33(29)41-42-37)20-47-36(23-13-7-4-8-14-23,24-15-9-5-10-16-24)25-17-11-6-12-18-25/h4-19,21,27,30-32,38,44,50H,20,22H2,1-3H3/t27-,30+,31-,32+/m1/s1. The van der Waals surface area contributed by atoms with Crippen LogP contribution in [0.15, 0.2) is 109 Å². The lowest BCUT2D eigenvalue weighted by atomic mass is 9.80. The third-order valence-corrected chi connectivity index (χ3v) is 8.66. The molecule has 0 bridgehead atoms. The molecule has 3 aromatic carbocycles. The first kappa shape index (κ1) is 34.9. The van der Waals surface area contributed by atoms with Gasteiger partial charge in [-0.25, -0.2) is 14.8 Å². The van der Waals surface area contributed by atoms with Crippen LogP contribution in [0, 0.1) is 0 Å². The van der Waals surface area contributed by atoms with E-state index in [2.05, 4.69) is 37.9 Å². The highest BCUT2D eigenvalue weighted by molar-refractivity contribution is 7.75. The van der Waals surface area contributed by atoms with Gasteiger partial charge in [0.1, 0.15) is 29.7 Å². The Balaban J connectivity index is 1.51. The molecular weight excluding hydrogens is 659 g/mol. The van der Waals surface area contributed by atoms with Gasteiger partial charge in [0.05, 0.1) is 29.7 Å². The van der Waals surface area contributed by atoms with Crippen molar-refractivity contribution in [3.05, 3.63) is 136 Å². The van der Waals surface area contributed by atoms with Gasteiger partial charge in [-0.2, -0.15) is 0 Å². The number of rotatable bonds is 11. The van der Waals surface area contributed by atoms with Gasteiger partial charge < -0.3 is 24.3 Å². The lowest BCUT2D eigenvalue weighted by molar-refractivity contribution is -0.0858. The van der Waals surface area contributed by atoms with Gasteiger partial charge in [-0.15, -0.1) is 0 Å². The van der Waals surface area contributed by atoms with E-state index >= 15 is 0 Å². The Morgan fingerprint density at radius 1 is 0.980 bits per heavy atom. The number of nitrogens with one attached hydrogen (secondary N) is 1. The van der Waals surface area contributed by atoms with Crippen molar-refractivity contribution in [3.8, 4) is 0 Å². The zero-order valence-electron chi connectivity index (χ0n) is 27.7. The number of hydrogen-bond donors (Lipinski definition) is 3. The van der Waals surface area contributed by atoms with Crippen LogP contribution < -0.4 is 0 Å². The number of H-pyrrole nitrogens is 1. The first-order valence-corrected chi connectivity index (χ1v) is 16.3. The van der Waals surface area contributed by atoms with Gasteiger partial charge in [-0.1, -0.05) is 91.0 Å². The summed E-state index contributed by atoms with van der Waals surface area (Å²) in [5.74, 6) is 0.0699. The molecule has 1 amide bonds.